The third kappa shape index (κ3) is 5.07. The molecule has 1 aliphatic carbocycles. The Morgan fingerprint density at radius 1 is 1.16 bits per heavy atom. The third-order valence-corrected chi connectivity index (χ3v) is 4.01. The molecule has 1 aliphatic rings. The molecular formula is C17H24OSi. The molecule has 0 aromatic heterocycles. The summed E-state index contributed by atoms with van der Waals surface area (Å²) in [5, 5.41) is 0. The second-order valence-corrected chi connectivity index (χ2v) is 10.6. The molecule has 0 N–H and O–H groups in total. The molecule has 0 fully saturated rings. The summed E-state index contributed by atoms with van der Waals surface area (Å²) in [7, 11) is -1.45. The summed E-state index contributed by atoms with van der Waals surface area (Å²) in [4.78, 5) is 0. The maximum atomic E-state index is 6.13. The van der Waals surface area contributed by atoms with Gasteiger partial charge in [0.15, 0.2) is 0 Å². The van der Waals surface area contributed by atoms with Crippen molar-refractivity contribution in [3.8, 4) is 0 Å². The minimum Gasteiger partial charge on any atom is -0.548 e. The van der Waals surface area contributed by atoms with Crippen molar-refractivity contribution in [3.05, 3.63) is 53.8 Å². The van der Waals surface area contributed by atoms with Crippen molar-refractivity contribution in [2.45, 2.75) is 38.9 Å². The molecule has 2 heteroatoms. The van der Waals surface area contributed by atoms with Gasteiger partial charge in [0.05, 0.1) is 5.76 Å². The SMILES string of the molecule is C[Si](C)(C)OC1=CC(/C=C\c2ccccc2)CCC1. The van der Waals surface area contributed by atoms with Crippen molar-refractivity contribution in [1.82, 2.24) is 0 Å². The normalized spacial score (nSPS) is 20.4. The van der Waals surface area contributed by atoms with E-state index in [4.69, 9.17) is 4.43 Å². The maximum Gasteiger partial charge on any atom is 0.241 e. The highest BCUT2D eigenvalue weighted by Crippen LogP contribution is 2.27. The van der Waals surface area contributed by atoms with Gasteiger partial charge in [0.1, 0.15) is 0 Å². The van der Waals surface area contributed by atoms with Crippen LogP contribution in [0.1, 0.15) is 24.8 Å². The predicted octanol–water partition coefficient (Wildman–Crippen LogP) is 5.24. The van der Waals surface area contributed by atoms with E-state index < -0.39 is 8.32 Å². The Bertz CT molecular complexity index is 454. The average molecular weight is 272 g/mol. The van der Waals surface area contributed by atoms with Crippen LogP contribution in [0.4, 0.5) is 0 Å². The number of benzene rings is 1. The quantitative estimate of drug-likeness (QED) is 0.681. The zero-order valence-corrected chi connectivity index (χ0v) is 13.2. The van der Waals surface area contributed by atoms with Crippen LogP contribution in [0.3, 0.4) is 0 Å². The molecule has 102 valence electrons. The van der Waals surface area contributed by atoms with Gasteiger partial charge in [-0.15, -0.1) is 0 Å². The zero-order valence-electron chi connectivity index (χ0n) is 12.2. The maximum absolute atomic E-state index is 6.13. The molecule has 0 spiro atoms. The van der Waals surface area contributed by atoms with E-state index in [0.29, 0.717) is 5.92 Å². The molecule has 1 aromatic rings. The second-order valence-electron chi connectivity index (χ2n) is 6.17. The molecule has 0 heterocycles. The summed E-state index contributed by atoms with van der Waals surface area (Å²) in [6.45, 7) is 6.74. The van der Waals surface area contributed by atoms with Gasteiger partial charge in [-0.05, 0) is 50.0 Å². The minimum absolute atomic E-state index is 0.528. The lowest BCUT2D eigenvalue weighted by molar-refractivity contribution is 0.369. The Labute approximate surface area is 118 Å². The number of hydrogen-bond donors (Lipinski definition) is 0. The van der Waals surface area contributed by atoms with E-state index in [9.17, 15) is 0 Å². The van der Waals surface area contributed by atoms with Crippen LogP contribution in [0.15, 0.2) is 48.2 Å². The molecule has 1 unspecified atom stereocenters. The van der Waals surface area contributed by atoms with Crippen molar-refractivity contribution in [2.24, 2.45) is 5.92 Å². The molecule has 1 atom stereocenters. The highest BCUT2D eigenvalue weighted by molar-refractivity contribution is 6.70. The lowest BCUT2D eigenvalue weighted by Crippen LogP contribution is -2.25. The highest BCUT2D eigenvalue weighted by Gasteiger charge is 2.20. The summed E-state index contributed by atoms with van der Waals surface area (Å²) >= 11 is 0. The topological polar surface area (TPSA) is 9.23 Å². The van der Waals surface area contributed by atoms with Crippen molar-refractivity contribution in [3.63, 3.8) is 0 Å². The summed E-state index contributed by atoms with van der Waals surface area (Å²) < 4.78 is 6.13. The van der Waals surface area contributed by atoms with Crippen LogP contribution in [-0.2, 0) is 4.43 Å². The minimum atomic E-state index is -1.45. The van der Waals surface area contributed by atoms with Gasteiger partial charge in [-0.3, -0.25) is 0 Å². The molecule has 1 nitrogen and oxygen atoms in total. The average Bonchev–Trinajstić information content (AvgIpc) is 2.36. The van der Waals surface area contributed by atoms with Crippen LogP contribution in [0.2, 0.25) is 19.6 Å². The standard InChI is InChI=1S/C17H24OSi/c1-19(2,3)18-17-11-7-10-16(14-17)13-12-15-8-5-4-6-9-15/h4-6,8-9,12-14,16H,7,10-11H2,1-3H3/b13-12-. The van der Waals surface area contributed by atoms with E-state index in [2.05, 4.69) is 68.2 Å². The summed E-state index contributed by atoms with van der Waals surface area (Å²) in [5.74, 6) is 1.74. The van der Waals surface area contributed by atoms with E-state index >= 15 is 0 Å². The molecular weight excluding hydrogens is 248 g/mol. The fourth-order valence-corrected chi connectivity index (χ4v) is 3.30. The lowest BCUT2D eigenvalue weighted by atomic mass is 9.94. The van der Waals surface area contributed by atoms with Gasteiger partial charge < -0.3 is 4.43 Å². The largest absolute Gasteiger partial charge is 0.548 e. The van der Waals surface area contributed by atoms with Gasteiger partial charge in [0, 0.05) is 6.42 Å². The van der Waals surface area contributed by atoms with Crippen molar-refractivity contribution < 1.29 is 4.43 Å². The Balaban J connectivity index is 2.01. The van der Waals surface area contributed by atoms with Gasteiger partial charge >= 0.3 is 0 Å². The Hall–Kier alpha value is -1.28. The van der Waals surface area contributed by atoms with E-state index in [0.717, 1.165) is 6.42 Å². The fraction of sp³-hybridized carbons (Fsp3) is 0.412. The smallest absolute Gasteiger partial charge is 0.241 e. The summed E-state index contributed by atoms with van der Waals surface area (Å²) in [6, 6.07) is 10.5. The van der Waals surface area contributed by atoms with Crippen molar-refractivity contribution >= 4 is 14.4 Å². The first-order valence-electron chi connectivity index (χ1n) is 7.16. The molecule has 2 rings (SSSR count). The summed E-state index contributed by atoms with van der Waals surface area (Å²) in [6.07, 6.45) is 10.4. The van der Waals surface area contributed by atoms with E-state index in [1.54, 1.807) is 0 Å². The van der Waals surface area contributed by atoms with Gasteiger partial charge in [-0.2, -0.15) is 0 Å². The molecule has 0 aliphatic heterocycles. The molecule has 0 saturated carbocycles. The lowest BCUT2D eigenvalue weighted by Gasteiger charge is -2.26. The monoisotopic (exact) mass is 272 g/mol. The van der Waals surface area contributed by atoms with Gasteiger partial charge in [-0.1, -0.05) is 42.5 Å². The van der Waals surface area contributed by atoms with Crippen molar-refractivity contribution in [2.75, 3.05) is 0 Å². The van der Waals surface area contributed by atoms with Crippen LogP contribution in [0.5, 0.6) is 0 Å². The summed E-state index contributed by atoms with van der Waals surface area (Å²) in [5.41, 5.74) is 1.27. The van der Waals surface area contributed by atoms with E-state index in [1.165, 1.54) is 24.2 Å². The zero-order chi connectivity index (χ0) is 13.7. The number of rotatable bonds is 4. The van der Waals surface area contributed by atoms with Crippen LogP contribution in [0, 0.1) is 5.92 Å². The Morgan fingerprint density at radius 3 is 2.58 bits per heavy atom. The fourth-order valence-electron chi connectivity index (χ4n) is 2.35. The Morgan fingerprint density at radius 2 is 1.89 bits per heavy atom. The second kappa shape index (κ2) is 6.24. The predicted molar refractivity (Wildman–Crippen MR) is 85.3 cm³/mol. The molecule has 19 heavy (non-hydrogen) atoms. The van der Waals surface area contributed by atoms with Gasteiger partial charge in [0.2, 0.25) is 8.32 Å². The first kappa shape index (κ1) is 14.1. The third-order valence-electron chi connectivity index (χ3n) is 3.13. The van der Waals surface area contributed by atoms with Crippen LogP contribution in [-0.4, -0.2) is 8.32 Å². The van der Waals surface area contributed by atoms with Gasteiger partial charge in [0.25, 0.3) is 0 Å². The van der Waals surface area contributed by atoms with E-state index in [-0.39, 0.29) is 0 Å². The molecule has 0 radical (unpaired) electrons. The molecule has 0 bridgehead atoms. The molecule has 0 saturated heterocycles. The van der Waals surface area contributed by atoms with Crippen LogP contribution < -0.4 is 0 Å². The van der Waals surface area contributed by atoms with Crippen LogP contribution >= 0.6 is 0 Å². The molecule has 0 amide bonds. The van der Waals surface area contributed by atoms with Crippen molar-refractivity contribution in [1.29, 1.82) is 0 Å². The van der Waals surface area contributed by atoms with E-state index in [1.807, 2.05) is 0 Å². The van der Waals surface area contributed by atoms with Crippen LogP contribution in [0.25, 0.3) is 6.08 Å². The highest BCUT2D eigenvalue weighted by atomic mass is 28.4. The number of hydrogen-bond acceptors (Lipinski definition) is 1. The molecule has 1 aromatic carbocycles. The Kier molecular flexibility index (Phi) is 4.64. The first-order chi connectivity index (χ1) is 9.03. The number of allylic oxidation sites excluding steroid dienone is 3. The van der Waals surface area contributed by atoms with Gasteiger partial charge in [-0.25, -0.2) is 0 Å². The first-order valence-corrected chi connectivity index (χ1v) is 10.6.